The summed E-state index contributed by atoms with van der Waals surface area (Å²) in [6, 6.07) is 16.0. The zero-order chi connectivity index (χ0) is 30.2. The summed E-state index contributed by atoms with van der Waals surface area (Å²) < 4.78 is 31.6. The van der Waals surface area contributed by atoms with Crippen LogP contribution in [0.15, 0.2) is 73.1 Å². The summed E-state index contributed by atoms with van der Waals surface area (Å²) >= 11 is 6.26. The number of benzene rings is 3. The Bertz CT molecular complexity index is 1860. The normalized spacial score (nSPS) is 16.5. The van der Waals surface area contributed by atoms with Crippen LogP contribution < -0.4 is 5.32 Å². The SMILES string of the molecule is Cc1ncc(-c2ccc3c(c2)c(C)nn3CC(=O)N2C[C@H](F)C[C@H]2C(=O)Nc2cccc(-c3ccccc3Cl)c2F)cn1. The molecule has 2 aromatic heterocycles. The largest absolute Gasteiger partial charge is 0.326 e. The fourth-order valence-electron chi connectivity index (χ4n) is 5.44. The highest BCUT2D eigenvalue weighted by Gasteiger charge is 2.40. The van der Waals surface area contributed by atoms with E-state index in [1.54, 1.807) is 53.5 Å². The number of anilines is 1. The van der Waals surface area contributed by atoms with Gasteiger partial charge in [0.2, 0.25) is 11.8 Å². The number of hydrogen-bond donors (Lipinski definition) is 1. The number of fused-ring (bicyclic) bond motifs is 1. The van der Waals surface area contributed by atoms with Crippen molar-refractivity contribution in [3.63, 3.8) is 0 Å². The van der Waals surface area contributed by atoms with Crippen molar-refractivity contribution < 1.29 is 18.4 Å². The van der Waals surface area contributed by atoms with Crippen LogP contribution in [0, 0.1) is 19.7 Å². The Morgan fingerprint density at radius 1 is 1.00 bits per heavy atom. The van der Waals surface area contributed by atoms with E-state index >= 15 is 4.39 Å². The lowest BCUT2D eigenvalue weighted by Crippen LogP contribution is -2.44. The summed E-state index contributed by atoms with van der Waals surface area (Å²) in [5.74, 6) is -1.14. The molecule has 0 radical (unpaired) electrons. The van der Waals surface area contributed by atoms with Gasteiger partial charge >= 0.3 is 0 Å². The van der Waals surface area contributed by atoms with E-state index in [9.17, 15) is 14.0 Å². The van der Waals surface area contributed by atoms with Gasteiger partial charge < -0.3 is 10.2 Å². The fourth-order valence-corrected chi connectivity index (χ4v) is 5.68. The zero-order valence-electron chi connectivity index (χ0n) is 23.4. The van der Waals surface area contributed by atoms with E-state index in [-0.39, 0.29) is 30.8 Å². The van der Waals surface area contributed by atoms with E-state index < -0.39 is 29.8 Å². The Morgan fingerprint density at radius 2 is 1.74 bits per heavy atom. The number of alkyl halides is 1. The van der Waals surface area contributed by atoms with Gasteiger partial charge in [-0.3, -0.25) is 14.3 Å². The predicted molar refractivity (Wildman–Crippen MR) is 161 cm³/mol. The van der Waals surface area contributed by atoms with Crippen LogP contribution in [0.3, 0.4) is 0 Å². The lowest BCUT2D eigenvalue weighted by atomic mass is 10.0. The monoisotopic (exact) mass is 600 g/mol. The average Bonchev–Trinajstić information content (AvgIpc) is 3.54. The molecule has 3 aromatic carbocycles. The van der Waals surface area contributed by atoms with Gasteiger partial charge in [-0.2, -0.15) is 5.10 Å². The second kappa shape index (κ2) is 11.5. The Morgan fingerprint density at radius 3 is 2.51 bits per heavy atom. The van der Waals surface area contributed by atoms with E-state index in [1.165, 1.54) is 11.0 Å². The number of aromatic nitrogens is 4. The van der Waals surface area contributed by atoms with Crippen LogP contribution in [-0.2, 0) is 16.1 Å². The maximum Gasteiger partial charge on any atom is 0.247 e. The first-order valence-electron chi connectivity index (χ1n) is 13.7. The first-order valence-corrected chi connectivity index (χ1v) is 14.1. The summed E-state index contributed by atoms with van der Waals surface area (Å²) in [6.07, 6.45) is 1.91. The van der Waals surface area contributed by atoms with Crippen molar-refractivity contribution in [3.8, 4) is 22.3 Å². The molecular formula is C32H27ClF2N6O2. The van der Waals surface area contributed by atoms with Gasteiger partial charge in [0.15, 0.2) is 5.82 Å². The maximum atomic E-state index is 15.5. The van der Waals surface area contributed by atoms with Gasteiger partial charge in [-0.25, -0.2) is 18.7 Å². The van der Waals surface area contributed by atoms with Crippen LogP contribution in [0.2, 0.25) is 5.02 Å². The third kappa shape index (κ3) is 5.58. The van der Waals surface area contributed by atoms with Gasteiger partial charge in [-0.05, 0) is 43.7 Å². The van der Waals surface area contributed by atoms with E-state index in [0.717, 1.165) is 22.0 Å². The second-order valence-electron chi connectivity index (χ2n) is 10.5. The fraction of sp³-hybridized carbons (Fsp3) is 0.219. The van der Waals surface area contributed by atoms with E-state index in [2.05, 4.69) is 20.4 Å². The molecule has 2 atom stereocenters. The zero-order valence-corrected chi connectivity index (χ0v) is 24.1. The molecular weight excluding hydrogens is 574 g/mol. The number of halogens is 3. The Balaban J connectivity index is 1.21. The minimum atomic E-state index is -1.39. The molecule has 0 unspecified atom stereocenters. The topological polar surface area (TPSA) is 93.0 Å². The van der Waals surface area contributed by atoms with Crippen LogP contribution in [0.5, 0.6) is 0 Å². The number of carbonyl (C=O) groups is 2. The number of amides is 2. The molecule has 1 saturated heterocycles. The highest BCUT2D eigenvalue weighted by molar-refractivity contribution is 6.33. The van der Waals surface area contributed by atoms with Crippen molar-refractivity contribution >= 4 is 40.0 Å². The molecule has 1 fully saturated rings. The van der Waals surface area contributed by atoms with Crippen LogP contribution >= 0.6 is 11.6 Å². The summed E-state index contributed by atoms with van der Waals surface area (Å²) in [4.78, 5) is 36.5. The number of nitrogens with one attached hydrogen (secondary N) is 1. The molecule has 1 N–H and O–H groups in total. The summed E-state index contributed by atoms with van der Waals surface area (Å²) in [5.41, 5.74) is 3.79. The molecule has 11 heteroatoms. The molecule has 218 valence electrons. The lowest BCUT2D eigenvalue weighted by Gasteiger charge is -2.24. The van der Waals surface area contributed by atoms with Crippen molar-refractivity contribution in [1.29, 1.82) is 0 Å². The number of nitrogens with zero attached hydrogens (tertiary/aromatic N) is 5. The van der Waals surface area contributed by atoms with Crippen LogP contribution in [0.1, 0.15) is 17.9 Å². The summed E-state index contributed by atoms with van der Waals surface area (Å²) in [7, 11) is 0. The van der Waals surface area contributed by atoms with Crippen LogP contribution in [0.4, 0.5) is 14.5 Å². The van der Waals surface area contributed by atoms with Gasteiger partial charge in [0.05, 0.1) is 23.4 Å². The molecule has 6 rings (SSSR count). The number of rotatable bonds is 6. The van der Waals surface area contributed by atoms with Gasteiger partial charge in [0, 0.05) is 45.9 Å². The van der Waals surface area contributed by atoms with Crippen LogP contribution in [0.25, 0.3) is 33.2 Å². The maximum absolute atomic E-state index is 15.5. The van der Waals surface area contributed by atoms with Crippen molar-refractivity contribution in [2.24, 2.45) is 0 Å². The Hall–Kier alpha value is -4.70. The molecule has 8 nitrogen and oxygen atoms in total. The molecule has 1 aliphatic rings. The van der Waals surface area contributed by atoms with Crippen molar-refractivity contribution in [1.82, 2.24) is 24.6 Å². The first kappa shape index (κ1) is 28.4. The van der Waals surface area contributed by atoms with Gasteiger partial charge in [-0.15, -0.1) is 0 Å². The average molecular weight is 601 g/mol. The molecule has 5 aromatic rings. The van der Waals surface area contributed by atoms with E-state index in [0.29, 0.717) is 22.1 Å². The summed E-state index contributed by atoms with van der Waals surface area (Å²) in [6.45, 7) is 3.22. The van der Waals surface area contributed by atoms with Crippen LogP contribution in [-0.4, -0.2) is 55.2 Å². The van der Waals surface area contributed by atoms with Gasteiger partial charge in [-0.1, -0.05) is 48.0 Å². The molecule has 1 aliphatic heterocycles. The van der Waals surface area contributed by atoms with Crippen molar-refractivity contribution in [2.75, 3.05) is 11.9 Å². The number of carbonyl (C=O) groups excluding carboxylic acids is 2. The van der Waals surface area contributed by atoms with Crippen molar-refractivity contribution in [2.45, 2.75) is 39.0 Å². The highest BCUT2D eigenvalue weighted by Crippen LogP contribution is 2.33. The highest BCUT2D eigenvalue weighted by atomic mass is 35.5. The number of hydrogen-bond acceptors (Lipinski definition) is 5. The molecule has 0 spiro atoms. The quantitative estimate of drug-likeness (QED) is 0.252. The van der Waals surface area contributed by atoms with E-state index in [4.69, 9.17) is 11.6 Å². The Labute approximate surface area is 251 Å². The molecule has 0 aliphatic carbocycles. The standard InChI is InChI=1S/C32H27ClF2N6O2/c1-18-25-12-20(21-14-36-19(2)37-15-21)10-11-28(25)41(39-18)17-30(42)40-16-22(34)13-29(40)32(43)38-27-9-5-7-24(31(27)35)23-6-3-4-8-26(23)33/h3-12,14-15,22,29H,13,16-17H2,1-2H3,(H,38,43)/t22-,29+/m1/s1. The first-order chi connectivity index (χ1) is 20.7. The predicted octanol–water partition coefficient (Wildman–Crippen LogP) is 6.15. The molecule has 3 heterocycles. The molecule has 0 saturated carbocycles. The third-order valence-corrected chi connectivity index (χ3v) is 7.96. The Kier molecular flexibility index (Phi) is 7.62. The van der Waals surface area contributed by atoms with Gasteiger partial charge in [0.1, 0.15) is 24.6 Å². The number of aryl methyl sites for hydroxylation is 2. The lowest BCUT2D eigenvalue weighted by molar-refractivity contribution is -0.137. The minimum absolute atomic E-state index is 0.0828. The van der Waals surface area contributed by atoms with E-state index in [1.807, 2.05) is 32.0 Å². The molecule has 43 heavy (non-hydrogen) atoms. The van der Waals surface area contributed by atoms with Crippen molar-refractivity contribution in [3.05, 3.63) is 95.4 Å². The molecule has 2 amide bonds. The summed E-state index contributed by atoms with van der Waals surface area (Å²) in [5, 5.41) is 8.31. The van der Waals surface area contributed by atoms with Gasteiger partial charge in [0.25, 0.3) is 0 Å². The second-order valence-corrected chi connectivity index (χ2v) is 10.9. The number of likely N-dealkylation sites (tertiary alicyclic amines) is 1. The molecule has 0 bridgehead atoms. The minimum Gasteiger partial charge on any atom is -0.326 e. The smallest absolute Gasteiger partial charge is 0.247 e. The third-order valence-electron chi connectivity index (χ3n) is 7.63.